The van der Waals surface area contributed by atoms with Crippen molar-refractivity contribution in [3.05, 3.63) is 45.8 Å². The van der Waals surface area contributed by atoms with Gasteiger partial charge < -0.3 is 20.0 Å². The number of rotatable bonds is 4. The second-order valence-electron chi connectivity index (χ2n) is 5.73. The van der Waals surface area contributed by atoms with Crippen molar-refractivity contribution in [3.63, 3.8) is 0 Å². The minimum atomic E-state index is -0.923. The van der Waals surface area contributed by atoms with E-state index in [1.807, 2.05) is 0 Å². The van der Waals surface area contributed by atoms with Crippen LogP contribution in [0.25, 0.3) is 11.0 Å². The van der Waals surface area contributed by atoms with Crippen LogP contribution in [0.15, 0.2) is 24.3 Å². The molecule has 24 heavy (non-hydrogen) atoms. The van der Waals surface area contributed by atoms with E-state index in [-0.39, 0.29) is 28.3 Å². The van der Waals surface area contributed by atoms with Crippen LogP contribution in [0.3, 0.4) is 0 Å². The number of methoxy groups -OCH3 is 1. The Bertz CT molecular complexity index is 857. The van der Waals surface area contributed by atoms with Crippen LogP contribution >= 0.6 is 0 Å². The number of benzene rings is 1. The third-order valence-corrected chi connectivity index (χ3v) is 3.79. The second-order valence-corrected chi connectivity index (χ2v) is 5.73. The van der Waals surface area contributed by atoms with E-state index in [1.54, 1.807) is 26.0 Å². The summed E-state index contributed by atoms with van der Waals surface area (Å²) in [4.78, 5) is 36.8. The van der Waals surface area contributed by atoms with Crippen molar-refractivity contribution in [2.75, 3.05) is 7.11 Å². The lowest BCUT2D eigenvalue weighted by Crippen LogP contribution is -2.47. The number of carbonyl (C=O) groups excluding carboxylic acids is 2. The molecule has 1 atom stereocenters. The fourth-order valence-corrected chi connectivity index (χ4v) is 2.44. The van der Waals surface area contributed by atoms with Crippen LogP contribution < -0.4 is 9.74 Å². The van der Waals surface area contributed by atoms with Crippen LogP contribution in [0, 0.1) is 23.0 Å². The van der Waals surface area contributed by atoms with E-state index in [0.29, 0.717) is 9.16 Å². The first-order chi connectivity index (χ1) is 11.3. The van der Waals surface area contributed by atoms with E-state index < -0.39 is 17.9 Å². The summed E-state index contributed by atoms with van der Waals surface area (Å²) in [6.07, 6.45) is 0. The molecule has 2 rings (SSSR count). The van der Waals surface area contributed by atoms with Crippen LogP contribution in [-0.4, -0.2) is 29.8 Å². The maximum atomic E-state index is 12.5. The van der Waals surface area contributed by atoms with Crippen molar-refractivity contribution in [3.8, 4) is 0 Å². The lowest BCUT2D eigenvalue weighted by atomic mass is 10.0. The van der Waals surface area contributed by atoms with Crippen LogP contribution in [0.5, 0.6) is 0 Å². The molecular weight excluding hydrogens is 314 g/mol. The molecule has 2 aromatic rings. The maximum absolute atomic E-state index is 12.5. The number of nitrogens with zero attached hydrogens (tertiary/aromatic N) is 2. The first-order valence-corrected chi connectivity index (χ1v) is 7.42. The molecule has 1 aromatic carbocycles. The molecule has 0 saturated heterocycles. The van der Waals surface area contributed by atoms with Crippen LogP contribution in [0.4, 0.5) is 0 Å². The number of fused-ring (bicyclic) bond motifs is 1. The fourth-order valence-electron chi connectivity index (χ4n) is 2.44. The monoisotopic (exact) mass is 333 g/mol. The molecule has 0 saturated carbocycles. The number of aromatic nitrogens is 2. The summed E-state index contributed by atoms with van der Waals surface area (Å²) in [6.45, 7) is 4.84. The van der Waals surface area contributed by atoms with Crippen molar-refractivity contribution >= 4 is 22.9 Å². The van der Waals surface area contributed by atoms with Gasteiger partial charge in [0, 0.05) is 11.0 Å². The Morgan fingerprint density at radius 3 is 2.50 bits per heavy atom. The summed E-state index contributed by atoms with van der Waals surface area (Å²) in [5, 5.41) is 14.8. The smallest absolute Gasteiger partial charge is 0.346 e. The summed E-state index contributed by atoms with van der Waals surface area (Å²) in [7, 11) is 1.21. The first-order valence-electron chi connectivity index (χ1n) is 7.42. The van der Waals surface area contributed by atoms with Crippen molar-refractivity contribution in [2.24, 2.45) is 5.92 Å². The Morgan fingerprint density at radius 2 is 1.92 bits per heavy atom. The minimum Gasteiger partial charge on any atom is -0.805 e. The topological polar surface area (TPSA) is 106 Å². The predicted octanol–water partition coefficient (Wildman–Crippen LogP) is 1.14. The van der Waals surface area contributed by atoms with Crippen LogP contribution in [0.1, 0.15) is 30.0 Å². The number of esters is 1. The van der Waals surface area contributed by atoms with E-state index in [4.69, 9.17) is 0 Å². The SMILES string of the molecule is COC(=O)C(NC(=O)c1c(C)n([O-])c2ccccc2[n+]1=O)C(C)C. The van der Waals surface area contributed by atoms with Gasteiger partial charge in [-0.3, -0.25) is 4.79 Å². The predicted molar refractivity (Wildman–Crippen MR) is 86.9 cm³/mol. The summed E-state index contributed by atoms with van der Waals surface area (Å²) in [5.74, 6) is -1.67. The van der Waals surface area contributed by atoms with Gasteiger partial charge in [0.1, 0.15) is 11.6 Å². The lowest BCUT2D eigenvalue weighted by Gasteiger charge is -2.20. The second kappa shape index (κ2) is 6.69. The van der Waals surface area contributed by atoms with Crippen LogP contribution in [-0.2, 0) is 9.53 Å². The summed E-state index contributed by atoms with van der Waals surface area (Å²) < 4.78 is 5.59. The molecule has 0 spiro atoms. The minimum absolute atomic E-state index is 0.0476. The molecule has 0 aliphatic rings. The molecule has 0 aliphatic heterocycles. The number of ether oxygens (including phenoxy) is 1. The zero-order valence-electron chi connectivity index (χ0n) is 13.9. The Hall–Kier alpha value is -2.90. The maximum Gasteiger partial charge on any atom is 0.346 e. The largest absolute Gasteiger partial charge is 0.805 e. The summed E-state index contributed by atoms with van der Waals surface area (Å²) in [6, 6.07) is 5.25. The zero-order valence-corrected chi connectivity index (χ0v) is 13.9. The Morgan fingerprint density at radius 1 is 1.29 bits per heavy atom. The molecule has 0 bridgehead atoms. The Kier molecular flexibility index (Phi) is 4.87. The molecule has 0 fully saturated rings. The average Bonchev–Trinajstić information content (AvgIpc) is 2.57. The molecule has 0 radical (unpaired) electrons. The summed E-state index contributed by atoms with van der Waals surface area (Å²) in [5.41, 5.74) is -0.163. The van der Waals surface area contributed by atoms with Gasteiger partial charge >= 0.3 is 17.6 Å². The number of hydrogen-bond acceptors (Lipinski definition) is 5. The normalized spacial score (nSPS) is 12.2. The van der Waals surface area contributed by atoms with Gasteiger partial charge in [-0.1, -0.05) is 26.0 Å². The van der Waals surface area contributed by atoms with Gasteiger partial charge in [-0.05, 0) is 18.9 Å². The molecule has 1 aromatic heterocycles. The van der Waals surface area contributed by atoms with Crippen molar-refractivity contribution in [2.45, 2.75) is 26.8 Å². The Balaban J connectivity index is 2.54. The molecule has 8 heteroatoms. The van der Waals surface area contributed by atoms with Gasteiger partial charge in [0.25, 0.3) is 5.52 Å². The quantitative estimate of drug-likeness (QED) is 0.667. The zero-order chi connectivity index (χ0) is 18.0. The van der Waals surface area contributed by atoms with E-state index in [0.717, 1.165) is 0 Å². The van der Waals surface area contributed by atoms with Crippen molar-refractivity contribution in [1.82, 2.24) is 10.0 Å². The molecule has 128 valence electrons. The number of hydrogen-bond donors (Lipinski definition) is 1. The lowest BCUT2D eigenvalue weighted by molar-refractivity contribution is -0.468. The van der Waals surface area contributed by atoms with E-state index in [1.165, 1.54) is 26.2 Å². The van der Waals surface area contributed by atoms with Gasteiger partial charge in [0.2, 0.25) is 0 Å². The number of nitrogens with one attached hydrogen (secondary N) is 1. The molecule has 0 aliphatic carbocycles. The third-order valence-electron chi connectivity index (χ3n) is 3.79. The van der Waals surface area contributed by atoms with Crippen molar-refractivity contribution in [1.29, 1.82) is 0 Å². The highest BCUT2D eigenvalue weighted by atomic mass is 16.5. The molecule has 1 unspecified atom stereocenters. The number of amides is 1. The molecule has 8 nitrogen and oxygen atoms in total. The van der Waals surface area contributed by atoms with Gasteiger partial charge in [-0.15, -0.1) is 0 Å². The highest BCUT2D eigenvalue weighted by Crippen LogP contribution is 2.14. The van der Waals surface area contributed by atoms with Gasteiger partial charge in [0.15, 0.2) is 0 Å². The molecular formula is C16H19N3O5. The highest BCUT2D eigenvalue weighted by molar-refractivity contribution is 5.95. The third kappa shape index (κ3) is 2.94. The van der Waals surface area contributed by atoms with Crippen molar-refractivity contribution < 1.29 is 18.8 Å². The fraction of sp³-hybridized carbons (Fsp3) is 0.375. The van der Waals surface area contributed by atoms with E-state index >= 15 is 0 Å². The highest BCUT2D eigenvalue weighted by Gasteiger charge is 2.32. The van der Waals surface area contributed by atoms with E-state index in [9.17, 15) is 19.7 Å². The number of carbonyl (C=O) groups is 2. The standard InChI is InChI=1S/C16H19N3O5/c1-9(2)13(16(21)24-4)17-15(20)14-10(3)18(22)11-7-5-6-8-12(11)19(14)23/h5-9,13H,1-4H3,(H,17,20). The number of para-hydroxylation sites is 2. The molecule has 1 N–H and O–H groups in total. The first kappa shape index (κ1) is 17.5. The van der Waals surface area contributed by atoms with Gasteiger partial charge in [-0.2, -0.15) is 0 Å². The molecule has 1 heterocycles. The van der Waals surface area contributed by atoms with E-state index in [2.05, 4.69) is 10.1 Å². The average molecular weight is 333 g/mol. The van der Waals surface area contributed by atoms with Crippen LogP contribution in [0.2, 0.25) is 0 Å². The van der Waals surface area contributed by atoms with Gasteiger partial charge in [-0.25, -0.2) is 4.79 Å². The summed E-state index contributed by atoms with van der Waals surface area (Å²) >= 11 is 0. The van der Waals surface area contributed by atoms with Gasteiger partial charge in [0.05, 0.1) is 17.2 Å². The molecule has 1 amide bonds. The Labute approximate surface area is 138 Å².